The van der Waals surface area contributed by atoms with Crippen molar-refractivity contribution in [3.05, 3.63) is 30.6 Å². The molecule has 2 aromatic heterocycles. The molecule has 0 radical (unpaired) electrons. The van der Waals surface area contributed by atoms with E-state index in [9.17, 15) is 14.7 Å². The summed E-state index contributed by atoms with van der Waals surface area (Å²) in [5, 5.41) is 15.6. The van der Waals surface area contributed by atoms with Gasteiger partial charge < -0.3 is 15.3 Å². The molecule has 1 aliphatic rings. The number of hydrogen-bond acceptors (Lipinski definition) is 7. The largest absolute Gasteiger partial charge is 0.481 e. The molecule has 1 saturated heterocycles. The lowest BCUT2D eigenvalue weighted by Crippen LogP contribution is -2.44. The lowest BCUT2D eigenvalue weighted by molar-refractivity contribution is -0.150. The first-order valence-corrected chi connectivity index (χ1v) is 11.5. The number of thiazole rings is 1. The van der Waals surface area contributed by atoms with Gasteiger partial charge in [0.2, 0.25) is 5.95 Å². The van der Waals surface area contributed by atoms with E-state index in [0.29, 0.717) is 50.0 Å². The van der Waals surface area contributed by atoms with E-state index >= 15 is 0 Å². The topological polar surface area (TPSA) is 120 Å². The Labute approximate surface area is 189 Å². The fourth-order valence-electron chi connectivity index (χ4n) is 3.95. The van der Waals surface area contributed by atoms with Gasteiger partial charge in [0, 0.05) is 37.6 Å². The number of rotatable bonds is 6. The van der Waals surface area contributed by atoms with E-state index in [2.05, 4.69) is 25.6 Å². The molecule has 0 aliphatic carbocycles. The van der Waals surface area contributed by atoms with Crippen LogP contribution in [0.2, 0.25) is 0 Å². The highest BCUT2D eigenvalue weighted by Crippen LogP contribution is 2.36. The van der Waals surface area contributed by atoms with Crippen LogP contribution in [0, 0.1) is 5.41 Å². The summed E-state index contributed by atoms with van der Waals surface area (Å²) >= 11 is 1.42. The summed E-state index contributed by atoms with van der Waals surface area (Å²) < 4.78 is 0.976. The second kappa shape index (κ2) is 9.07. The van der Waals surface area contributed by atoms with Crippen molar-refractivity contribution in [1.29, 1.82) is 0 Å². The number of amides is 2. The van der Waals surface area contributed by atoms with E-state index in [1.807, 2.05) is 36.9 Å². The highest BCUT2D eigenvalue weighted by atomic mass is 32.1. The molecule has 0 spiro atoms. The Bertz CT molecular complexity index is 1120. The van der Waals surface area contributed by atoms with Crippen LogP contribution in [0.3, 0.4) is 0 Å². The van der Waals surface area contributed by atoms with Gasteiger partial charge in [-0.15, -0.1) is 0 Å². The van der Waals surface area contributed by atoms with Gasteiger partial charge >= 0.3 is 12.0 Å². The molecule has 0 bridgehead atoms. The lowest BCUT2D eigenvalue weighted by atomic mass is 9.76. The first-order valence-electron chi connectivity index (χ1n) is 10.7. The molecule has 0 unspecified atom stereocenters. The van der Waals surface area contributed by atoms with Crippen molar-refractivity contribution in [2.24, 2.45) is 5.41 Å². The third-order valence-corrected chi connectivity index (χ3v) is 7.00. The third kappa shape index (κ3) is 4.36. The molecule has 3 heterocycles. The van der Waals surface area contributed by atoms with Crippen LogP contribution in [0.5, 0.6) is 0 Å². The highest BCUT2D eigenvalue weighted by molar-refractivity contribution is 7.22. The number of carbonyl (C=O) groups excluding carboxylic acids is 1. The summed E-state index contributed by atoms with van der Waals surface area (Å²) in [5.41, 5.74) is 1.97. The molecular weight excluding hydrogens is 428 g/mol. The van der Waals surface area contributed by atoms with Crippen LogP contribution in [0.15, 0.2) is 30.6 Å². The fraction of sp³-hybridized carbons (Fsp3) is 0.409. The number of aromatic nitrogens is 3. The van der Waals surface area contributed by atoms with Crippen LogP contribution >= 0.6 is 11.3 Å². The Morgan fingerprint density at radius 3 is 2.50 bits per heavy atom. The summed E-state index contributed by atoms with van der Waals surface area (Å²) in [5.74, 6) is -0.0929. The highest BCUT2D eigenvalue weighted by Gasteiger charge is 2.40. The Morgan fingerprint density at radius 2 is 1.88 bits per heavy atom. The number of urea groups is 1. The number of piperidine rings is 1. The van der Waals surface area contributed by atoms with Gasteiger partial charge in [-0.3, -0.25) is 10.1 Å². The van der Waals surface area contributed by atoms with Gasteiger partial charge in [0.1, 0.15) is 0 Å². The van der Waals surface area contributed by atoms with Crippen LogP contribution in [-0.2, 0) is 4.79 Å². The summed E-state index contributed by atoms with van der Waals surface area (Å²) in [4.78, 5) is 39.0. The number of carboxylic acids is 1. The van der Waals surface area contributed by atoms with Gasteiger partial charge in [-0.05, 0) is 43.9 Å². The quantitative estimate of drug-likeness (QED) is 0.515. The Hall–Kier alpha value is -3.27. The minimum Gasteiger partial charge on any atom is -0.481 e. The van der Waals surface area contributed by atoms with E-state index in [-0.39, 0.29) is 6.03 Å². The van der Waals surface area contributed by atoms with E-state index in [1.54, 1.807) is 12.4 Å². The third-order valence-electron chi connectivity index (χ3n) is 6.05. The van der Waals surface area contributed by atoms with Crippen molar-refractivity contribution in [2.75, 3.05) is 29.9 Å². The molecule has 0 atom stereocenters. The maximum Gasteiger partial charge on any atom is 0.321 e. The van der Waals surface area contributed by atoms with E-state index in [1.165, 1.54) is 11.3 Å². The van der Waals surface area contributed by atoms with Gasteiger partial charge in [0.05, 0.1) is 15.6 Å². The van der Waals surface area contributed by atoms with Gasteiger partial charge in [-0.25, -0.2) is 19.7 Å². The zero-order valence-corrected chi connectivity index (χ0v) is 18.9. The molecule has 10 heteroatoms. The molecule has 3 aromatic rings. The number of carbonyl (C=O) groups is 2. The number of fused-ring (bicyclic) bond motifs is 1. The summed E-state index contributed by atoms with van der Waals surface area (Å²) in [6.07, 6.45) is 5.38. The minimum atomic E-state index is -0.710. The van der Waals surface area contributed by atoms with Crippen molar-refractivity contribution in [3.8, 4) is 11.1 Å². The molecule has 1 fully saturated rings. The molecule has 2 amide bonds. The SMILES string of the molecule is CCNC(=O)Nc1nc2cc(-c3cnc(N4CCC(CC)(C(=O)O)CC4)nc3)ccc2s1. The predicted octanol–water partition coefficient (Wildman–Crippen LogP) is 3.98. The molecule has 1 aliphatic heterocycles. The van der Waals surface area contributed by atoms with Gasteiger partial charge in [-0.1, -0.05) is 24.3 Å². The Balaban J connectivity index is 1.47. The predicted molar refractivity (Wildman–Crippen MR) is 125 cm³/mol. The van der Waals surface area contributed by atoms with Crippen LogP contribution in [0.4, 0.5) is 15.9 Å². The first-order chi connectivity index (χ1) is 15.4. The van der Waals surface area contributed by atoms with Gasteiger partial charge in [-0.2, -0.15) is 0 Å². The number of nitrogens with zero attached hydrogens (tertiary/aromatic N) is 4. The molecule has 168 valence electrons. The van der Waals surface area contributed by atoms with Crippen molar-refractivity contribution in [3.63, 3.8) is 0 Å². The maximum atomic E-state index is 11.7. The van der Waals surface area contributed by atoms with Crippen LogP contribution < -0.4 is 15.5 Å². The Kier molecular flexibility index (Phi) is 6.22. The van der Waals surface area contributed by atoms with Crippen molar-refractivity contribution >= 4 is 44.6 Å². The van der Waals surface area contributed by atoms with E-state index in [0.717, 1.165) is 21.3 Å². The minimum absolute atomic E-state index is 0.270. The number of aliphatic carboxylic acids is 1. The molecule has 0 saturated carbocycles. The monoisotopic (exact) mass is 454 g/mol. The van der Waals surface area contributed by atoms with Crippen LogP contribution in [0.25, 0.3) is 21.3 Å². The average molecular weight is 455 g/mol. The summed E-state index contributed by atoms with van der Waals surface area (Å²) in [6, 6.07) is 5.64. The number of anilines is 2. The second-order valence-electron chi connectivity index (χ2n) is 7.88. The van der Waals surface area contributed by atoms with Crippen molar-refractivity contribution in [1.82, 2.24) is 20.3 Å². The standard InChI is InChI=1S/C22H26N6O3S/c1-3-22(18(29)30)7-9-28(10-8-22)19-24-12-15(13-25-19)14-5-6-17-16(11-14)26-21(32-17)27-20(31)23-4-2/h5-6,11-13H,3-4,7-10H2,1-2H3,(H,29,30)(H2,23,26,27,31). The van der Waals surface area contributed by atoms with E-state index < -0.39 is 11.4 Å². The van der Waals surface area contributed by atoms with Crippen molar-refractivity contribution < 1.29 is 14.7 Å². The average Bonchev–Trinajstić information content (AvgIpc) is 3.20. The smallest absolute Gasteiger partial charge is 0.321 e. The van der Waals surface area contributed by atoms with Crippen LogP contribution in [-0.4, -0.2) is 51.7 Å². The number of hydrogen-bond donors (Lipinski definition) is 3. The number of nitrogens with one attached hydrogen (secondary N) is 2. The zero-order chi connectivity index (χ0) is 22.7. The molecular formula is C22H26N6O3S. The number of benzene rings is 1. The lowest BCUT2D eigenvalue weighted by Gasteiger charge is -2.38. The zero-order valence-electron chi connectivity index (χ0n) is 18.1. The first kappa shape index (κ1) is 21.9. The van der Waals surface area contributed by atoms with Gasteiger partial charge in [0.15, 0.2) is 5.13 Å². The second-order valence-corrected chi connectivity index (χ2v) is 8.91. The number of carboxylic acid groups (broad SMARTS) is 1. The summed E-state index contributed by atoms with van der Waals surface area (Å²) in [6.45, 7) is 5.61. The van der Waals surface area contributed by atoms with Crippen LogP contribution in [0.1, 0.15) is 33.1 Å². The maximum absolute atomic E-state index is 11.7. The Morgan fingerprint density at radius 1 is 1.16 bits per heavy atom. The molecule has 4 rings (SSSR count). The summed E-state index contributed by atoms with van der Waals surface area (Å²) in [7, 11) is 0. The van der Waals surface area contributed by atoms with Crippen molar-refractivity contribution in [2.45, 2.75) is 33.1 Å². The molecule has 32 heavy (non-hydrogen) atoms. The van der Waals surface area contributed by atoms with Gasteiger partial charge in [0.25, 0.3) is 0 Å². The molecule has 9 nitrogen and oxygen atoms in total. The molecule has 1 aromatic carbocycles. The molecule has 3 N–H and O–H groups in total. The van der Waals surface area contributed by atoms with E-state index in [4.69, 9.17) is 0 Å². The fourth-order valence-corrected chi connectivity index (χ4v) is 4.79. The normalized spacial score (nSPS) is 15.5.